The highest BCUT2D eigenvalue weighted by molar-refractivity contribution is 5.82. The van der Waals surface area contributed by atoms with Crippen LogP contribution in [-0.4, -0.2) is 27.3 Å². The number of furan rings is 1. The number of nitrogens with zero attached hydrogens (tertiary/aromatic N) is 2. The van der Waals surface area contributed by atoms with Gasteiger partial charge in [0, 0.05) is 11.1 Å². The van der Waals surface area contributed by atoms with E-state index in [9.17, 15) is 23.5 Å². The van der Waals surface area contributed by atoms with Crippen LogP contribution in [0.4, 0.5) is 19.0 Å². The molecule has 0 spiro atoms. The maximum Gasteiger partial charge on any atom is 0.490 e. The number of nitrogen functional groups attached to an aromatic ring is 1. The van der Waals surface area contributed by atoms with E-state index in [4.69, 9.17) is 20.1 Å². The molecule has 1 aromatic carbocycles. The normalized spacial score (nSPS) is 10.6. The molecule has 0 amide bonds. The number of aromatic nitrogens is 1. The molecule has 7 nitrogen and oxygen atoms in total. The first kappa shape index (κ1) is 21.3. The number of nitrogens with two attached hydrogens (primary N) is 1. The summed E-state index contributed by atoms with van der Waals surface area (Å²) in [6.07, 6.45) is -3.53. The molecule has 10 heteroatoms. The van der Waals surface area contributed by atoms with E-state index in [1.807, 2.05) is 6.92 Å². The van der Waals surface area contributed by atoms with Crippen molar-refractivity contribution in [2.24, 2.45) is 0 Å². The van der Waals surface area contributed by atoms with Crippen molar-refractivity contribution in [2.45, 2.75) is 13.1 Å². The number of halogens is 3. The molecule has 2 aromatic heterocycles. The van der Waals surface area contributed by atoms with Crippen LogP contribution in [0.1, 0.15) is 11.1 Å². The van der Waals surface area contributed by atoms with Crippen molar-refractivity contribution in [1.29, 1.82) is 5.26 Å². The molecule has 0 aliphatic rings. The fourth-order valence-corrected chi connectivity index (χ4v) is 2.44. The summed E-state index contributed by atoms with van der Waals surface area (Å²) in [4.78, 5) is 13.2. The molecule has 3 rings (SSSR count). The number of benzene rings is 1. The van der Waals surface area contributed by atoms with Gasteiger partial charge in [-0.15, -0.1) is 0 Å². The Hall–Kier alpha value is -4.00. The van der Waals surface area contributed by atoms with Crippen LogP contribution >= 0.6 is 0 Å². The highest BCUT2D eigenvalue weighted by atomic mass is 19.4. The summed E-state index contributed by atoms with van der Waals surface area (Å²) in [5, 5.41) is 25.9. The predicted molar refractivity (Wildman–Crippen MR) is 96.6 cm³/mol. The van der Waals surface area contributed by atoms with Gasteiger partial charge in [0.25, 0.3) is 0 Å². The predicted octanol–water partition coefficient (Wildman–Crippen LogP) is 4.11. The summed E-state index contributed by atoms with van der Waals surface area (Å²) >= 11 is 0. The monoisotopic (exact) mass is 405 g/mol. The molecule has 0 saturated heterocycles. The Morgan fingerprint density at radius 2 is 1.83 bits per heavy atom. The summed E-state index contributed by atoms with van der Waals surface area (Å²) in [5.74, 6) is -1.85. The zero-order chi connectivity index (χ0) is 21.8. The van der Waals surface area contributed by atoms with Crippen molar-refractivity contribution >= 4 is 11.8 Å². The number of phenols is 1. The number of anilines is 1. The van der Waals surface area contributed by atoms with Crippen molar-refractivity contribution in [2.75, 3.05) is 5.73 Å². The minimum absolute atomic E-state index is 0.155. The third-order valence-corrected chi connectivity index (χ3v) is 3.73. The Morgan fingerprint density at radius 1 is 1.24 bits per heavy atom. The van der Waals surface area contributed by atoms with Gasteiger partial charge >= 0.3 is 12.1 Å². The van der Waals surface area contributed by atoms with Crippen LogP contribution in [0.25, 0.3) is 22.6 Å². The number of alkyl halides is 3. The second-order valence-corrected chi connectivity index (χ2v) is 5.66. The first-order chi connectivity index (χ1) is 13.6. The molecular weight excluding hydrogens is 391 g/mol. The lowest BCUT2D eigenvalue weighted by molar-refractivity contribution is -0.192. The van der Waals surface area contributed by atoms with Gasteiger partial charge in [0.15, 0.2) is 0 Å². The number of rotatable bonds is 2. The van der Waals surface area contributed by atoms with Gasteiger partial charge in [0.1, 0.15) is 29.0 Å². The fourth-order valence-electron chi connectivity index (χ4n) is 2.44. The van der Waals surface area contributed by atoms with Gasteiger partial charge in [-0.3, -0.25) is 0 Å². The minimum Gasteiger partial charge on any atom is -0.508 e. The van der Waals surface area contributed by atoms with Gasteiger partial charge in [0.05, 0.1) is 12.0 Å². The smallest absolute Gasteiger partial charge is 0.490 e. The number of nitriles is 1. The van der Waals surface area contributed by atoms with Gasteiger partial charge in [-0.25, -0.2) is 9.78 Å². The molecule has 0 bridgehead atoms. The molecule has 0 radical (unpaired) electrons. The number of phenolic OH excluding ortho intramolecular Hbond substituents is 1. The fraction of sp³-hybridized carbons (Fsp3) is 0.105. The molecule has 150 valence electrons. The highest BCUT2D eigenvalue weighted by Gasteiger charge is 2.38. The van der Waals surface area contributed by atoms with Gasteiger partial charge in [0.2, 0.25) is 0 Å². The Kier molecular flexibility index (Phi) is 6.13. The minimum atomic E-state index is -5.08. The first-order valence-corrected chi connectivity index (χ1v) is 7.89. The number of aromatic hydroxyl groups is 1. The lowest BCUT2D eigenvalue weighted by atomic mass is 9.96. The molecule has 3 aromatic rings. The van der Waals surface area contributed by atoms with Crippen molar-refractivity contribution in [3.8, 4) is 34.4 Å². The van der Waals surface area contributed by atoms with Gasteiger partial charge in [-0.1, -0.05) is 0 Å². The Labute approximate surface area is 162 Å². The lowest BCUT2D eigenvalue weighted by Gasteiger charge is -2.13. The number of carboxylic acid groups (broad SMARTS) is 1. The SMILES string of the molecule is Cc1c(-c2ccc(O)cc2)nc(N)c(C#N)c1-c1ccco1.O=C(O)C(F)(F)F. The Morgan fingerprint density at radius 3 is 2.28 bits per heavy atom. The van der Waals surface area contributed by atoms with E-state index in [1.54, 1.807) is 42.7 Å². The number of carbonyl (C=O) groups is 1. The summed E-state index contributed by atoms with van der Waals surface area (Å²) in [5.41, 5.74) is 9.15. The quantitative estimate of drug-likeness (QED) is 0.584. The van der Waals surface area contributed by atoms with Crippen LogP contribution in [0.2, 0.25) is 0 Å². The van der Waals surface area contributed by atoms with E-state index in [2.05, 4.69) is 11.1 Å². The van der Waals surface area contributed by atoms with Gasteiger partial charge in [-0.2, -0.15) is 18.4 Å². The second-order valence-electron chi connectivity index (χ2n) is 5.66. The summed E-state index contributed by atoms with van der Waals surface area (Å²) in [6.45, 7) is 1.87. The molecule has 0 fully saturated rings. The summed E-state index contributed by atoms with van der Waals surface area (Å²) in [7, 11) is 0. The van der Waals surface area contributed by atoms with Crippen LogP contribution < -0.4 is 5.73 Å². The van der Waals surface area contributed by atoms with E-state index in [-0.39, 0.29) is 11.6 Å². The molecular formula is C19H14F3N3O4. The maximum atomic E-state index is 10.6. The zero-order valence-corrected chi connectivity index (χ0v) is 14.9. The lowest BCUT2D eigenvalue weighted by Crippen LogP contribution is -2.21. The largest absolute Gasteiger partial charge is 0.508 e. The molecule has 0 saturated carbocycles. The molecule has 29 heavy (non-hydrogen) atoms. The Balaban J connectivity index is 0.000000370. The van der Waals surface area contributed by atoms with Crippen molar-refractivity contribution in [1.82, 2.24) is 4.98 Å². The number of carboxylic acids is 1. The van der Waals surface area contributed by atoms with Crippen LogP contribution in [0.3, 0.4) is 0 Å². The average molecular weight is 405 g/mol. The highest BCUT2D eigenvalue weighted by Crippen LogP contribution is 2.36. The van der Waals surface area contributed by atoms with Gasteiger partial charge in [-0.05, 0) is 48.9 Å². The van der Waals surface area contributed by atoms with Gasteiger partial charge < -0.3 is 20.4 Å². The number of pyridine rings is 1. The van der Waals surface area contributed by atoms with Crippen molar-refractivity contribution < 1.29 is 32.6 Å². The molecule has 4 N–H and O–H groups in total. The third kappa shape index (κ3) is 4.84. The van der Waals surface area contributed by atoms with E-state index >= 15 is 0 Å². The van der Waals surface area contributed by atoms with Crippen LogP contribution in [-0.2, 0) is 4.79 Å². The van der Waals surface area contributed by atoms with E-state index < -0.39 is 12.1 Å². The molecule has 0 unspecified atom stereocenters. The van der Waals surface area contributed by atoms with E-state index in [0.29, 0.717) is 22.6 Å². The molecule has 0 atom stereocenters. The maximum absolute atomic E-state index is 10.6. The van der Waals surface area contributed by atoms with E-state index in [1.165, 1.54) is 0 Å². The van der Waals surface area contributed by atoms with Crippen molar-refractivity contribution in [3.63, 3.8) is 0 Å². The first-order valence-electron chi connectivity index (χ1n) is 7.89. The van der Waals surface area contributed by atoms with Crippen molar-refractivity contribution in [3.05, 3.63) is 53.8 Å². The number of aliphatic carboxylic acids is 1. The molecule has 2 heterocycles. The van der Waals surface area contributed by atoms with E-state index in [0.717, 1.165) is 11.1 Å². The summed E-state index contributed by atoms with van der Waals surface area (Å²) in [6, 6.07) is 12.3. The third-order valence-electron chi connectivity index (χ3n) is 3.73. The Bertz CT molecular complexity index is 1050. The van der Waals surface area contributed by atoms with Crippen LogP contribution in [0, 0.1) is 18.3 Å². The summed E-state index contributed by atoms with van der Waals surface area (Å²) < 4.78 is 37.2. The topological polar surface area (TPSA) is 133 Å². The second kappa shape index (κ2) is 8.35. The molecule has 0 aliphatic carbocycles. The number of hydrogen-bond donors (Lipinski definition) is 3. The van der Waals surface area contributed by atoms with Crippen LogP contribution in [0.15, 0.2) is 47.1 Å². The average Bonchev–Trinajstić information content (AvgIpc) is 3.17. The molecule has 0 aliphatic heterocycles. The number of hydrogen-bond acceptors (Lipinski definition) is 6. The van der Waals surface area contributed by atoms with Crippen LogP contribution in [0.5, 0.6) is 5.75 Å². The zero-order valence-electron chi connectivity index (χ0n) is 14.9. The standard InChI is InChI=1S/C17H13N3O2.C2HF3O2/c1-10-15(14-3-2-8-22-14)13(9-18)17(19)20-16(10)11-4-6-12(21)7-5-11;3-2(4,5)1(6)7/h2-8,21H,1H3,(H2,19,20);(H,6,7).